The number of nitrogens with zero attached hydrogens (tertiary/aromatic N) is 2. The number of fused-ring (bicyclic) bond motifs is 5. The molecule has 0 aliphatic carbocycles. The Morgan fingerprint density at radius 2 is 2.09 bits per heavy atom. The van der Waals surface area contributed by atoms with E-state index in [4.69, 9.17) is 9.72 Å². The Morgan fingerprint density at radius 1 is 1.31 bits per heavy atom. The van der Waals surface area contributed by atoms with Crippen molar-refractivity contribution in [1.29, 1.82) is 0 Å². The molecule has 0 saturated carbocycles. The van der Waals surface area contributed by atoms with E-state index in [-0.39, 0.29) is 35.5 Å². The smallest absolute Gasteiger partial charge is 0.343 e. The standard InChI is InChI=1S/C23H23FN3O4P/c1-3-23(30)15-7-18-20-13(9-27(18)21(28)14(15)10-31-22(23)29)11(4-5-25-2)12-6-19(32)16(24)8-17(12)26-20/h6-8,25,30H,3-5,9-10,32H2,1-2H3/t23-/m0/s1. The van der Waals surface area contributed by atoms with Crippen LogP contribution in [-0.4, -0.2) is 34.2 Å². The second-order valence-electron chi connectivity index (χ2n) is 8.27. The fourth-order valence-electron chi connectivity index (χ4n) is 4.74. The lowest BCUT2D eigenvalue weighted by molar-refractivity contribution is -0.172. The van der Waals surface area contributed by atoms with Gasteiger partial charge in [-0.05, 0) is 44.1 Å². The Labute approximate surface area is 185 Å². The Balaban J connectivity index is 1.81. The van der Waals surface area contributed by atoms with Crippen molar-refractivity contribution in [3.63, 3.8) is 0 Å². The minimum absolute atomic E-state index is 0.0787. The molecule has 3 aromatic rings. The highest BCUT2D eigenvalue weighted by molar-refractivity contribution is 7.27. The number of hydrogen-bond donors (Lipinski definition) is 2. The second kappa shape index (κ2) is 7.44. The molecule has 2 aliphatic heterocycles. The summed E-state index contributed by atoms with van der Waals surface area (Å²) in [6, 6.07) is 4.85. The van der Waals surface area contributed by atoms with Crippen molar-refractivity contribution < 1.29 is 19.0 Å². The normalized spacial score (nSPS) is 19.0. The van der Waals surface area contributed by atoms with Gasteiger partial charge in [0.15, 0.2) is 5.60 Å². The van der Waals surface area contributed by atoms with Crippen molar-refractivity contribution in [2.24, 2.45) is 0 Å². The van der Waals surface area contributed by atoms with Crippen LogP contribution in [-0.2, 0) is 34.7 Å². The maximum Gasteiger partial charge on any atom is 0.343 e. The Kier molecular flexibility index (Phi) is 4.93. The van der Waals surface area contributed by atoms with Crippen LogP contribution in [0, 0.1) is 5.82 Å². The van der Waals surface area contributed by atoms with Gasteiger partial charge >= 0.3 is 5.97 Å². The van der Waals surface area contributed by atoms with Crippen LogP contribution in [0.5, 0.6) is 0 Å². The molecular weight excluding hydrogens is 432 g/mol. The molecule has 1 aromatic carbocycles. The lowest BCUT2D eigenvalue weighted by Gasteiger charge is -2.31. The number of pyridine rings is 2. The largest absolute Gasteiger partial charge is 0.458 e. The fraction of sp³-hybridized carbons (Fsp3) is 0.348. The Morgan fingerprint density at radius 3 is 2.81 bits per heavy atom. The first-order valence-corrected chi connectivity index (χ1v) is 11.1. The van der Waals surface area contributed by atoms with Crippen LogP contribution < -0.4 is 16.2 Å². The van der Waals surface area contributed by atoms with Gasteiger partial charge in [-0.3, -0.25) is 4.79 Å². The van der Waals surface area contributed by atoms with Crippen molar-refractivity contribution in [3.05, 3.63) is 56.6 Å². The third-order valence-corrected chi connectivity index (χ3v) is 6.99. The molecule has 166 valence electrons. The minimum atomic E-state index is -1.88. The number of cyclic esters (lactones) is 1. The molecule has 4 heterocycles. The molecule has 0 bridgehead atoms. The monoisotopic (exact) mass is 455 g/mol. The molecule has 1 unspecified atom stereocenters. The number of carbonyl (C=O) groups is 1. The highest BCUT2D eigenvalue weighted by atomic mass is 31.0. The van der Waals surface area contributed by atoms with Gasteiger partial charge in [0.25, 0.3) is 5.56 Å². The molecule has 5 rings (SSSR count). The number of benzene rings is 1. The number of halogens is 1. The van der Waals surface area contributed by atoms with Crippen LogP contribution in [0.25, 0.3) is 22.3 Å². The van der Waals surface area contributed by atoms with Crippen LogP contribution in [0.3, 0.4) is 0 Å². The maximum atomic E-state index is 14.3. The summed E-state index contributed by atoms with van der Waals surface area (Å²) in [5, 5.41) is 15.5. The number of rotatable bonds is 4. The Bertz CT molecular complexity index is 1370. The van der Waals surface area contributed by atoms with E-state index >= 15 is 0 Å². The van der Waals surface area contributed by atoms with E-state index in [2.05, 4.69) is 14.6 Å². The predicted molar refractivity (Wildman–Crippen MR) is 121 cm³/mol. The maximum absolute atomic E-state index is 14.3. The molecule has 7 nitrogen and oxygen atoms in total. The number of likely N-dealkylation sites (N-methyl/N-ethyl adjacent to an activating group) is 1. The zero-order valence-electron chi connectivity index (χ0n) is 17.8. The zero-order valence-corrected chi connectivity index (χ0v) is 18.9. The average molecular weight is 455 g/mol. The summed E-state index contributed by atoms with van der Waals surface area (Å²) in [5.74, 6) is -1.13. The van der Waals surface area contributed by atoms with E-state index in [9.17, 15) is 19.1 Å². The number of carbonyl (C=O) groups excluding carboxylic acids is 1. The van der Waals surface area contributed by atoms with E-state index in [1.165, 1.54) is 6.07 Å². The highest BCUT2D eigenvalue weighted by Gasteiger charge is 2.45. The number of aliphatic hydroxyl groups is 1. The average Bonchev–Trinajstić information content (AvgIpc) is 3.14. The summed E-state index contributed by atoms with van der Waals surface area (Å²) in [7, 11) is 4.27. The third kappa shape index (κ3) is 2.86. The number of nitrogens with one attached hydrogen (secondary N) is 1. The molecule has 32 heavy (non-hydrogen) atoms. The number of aromatic nitrogens is 2. The second-order valence-corrected chi connectivity index (χ2v) is 8.89. The van der Waals surface area contributed by atoms with Gasteiger partial charge in [0, 0.05) is 27.9 Å². The van der Waals surface area contributed by atoms with Crippen molar-refractivity contribution in [1.82, 2.24) is 14.9 Å². The van der Waals surface area contributed by atoms with Gasteiger partial charge in [-0.25, -0.2) is 14.2 Å². The van der Waals surface area contributed by atoms with Gasteiger partial charge < -0.3 is 19.7 Å². The van der Waals surface area contributed by atoms with Crippen LogP contribution >= 0.6 is 9.24 Å². The molecule has 9 heteroatoms. The molecule has 2 aromatic heterocycles. The lowest BCUT2D eigenvalue weighted by atomic mass is 9.86. The van der Waals surface area contributed by atoms with E-state index in [1.807, 2.05) is 7.05 Å². The molecule has 0 amide bonds. The van der Waals surface area contributed by atoms with Crippen molar-refractivity contribution in [3.8, 4) is 11.4 Å². The molecule has 0 fully saturated rings. The first-order valence-electron chi connectivity index (χ1n) is 10.5. The van der Waals surface area contributed by atoms with E-state index in [0.29, 0.717) is 41.7 Å². The third-order valence-electron chi connectivity index (χ3n) is 6.55. The topological polar surface area (TPSA) is 93.5 Å². The number of esters is 1. The first-order chi connectivity index (χ1) is 15.3. The highest BCUT2D eigenvalue weighted by Crippen LogP contribution is 2.40. The first kappa shape index (κ1) is 21.2. The molecule has 0 radical (unpaired) electrons. The van der Waals surface area contributed by atoms with Crippen LogP contribution in [0.15, 0.2) is 23.0 Å². The van der Waals surface area contributed by atoms with Gasteiger partial charge in [-0.1, -0.05) is 6.92 Å². The van der Waals surface area contributed by atoms with Crippen LogP contribution in [0.2, 0.25) is 0 Å². The number of ether oxygens (including phenoxy) is 1. The predicted octanol–water partition coefficient (Wildman–Crippen LogP) is 1.48. The van der Waals surface area contributed by atoms with Crippen LogP contribution in [0.4, 0.5) is 4.39 Å². The van der Waals surface area contributed by atoms with E-state index in [0.717, 1.165) is 16.5 Å². The van der Waals surface area contributed by atoms with Crippen LogP contribution in [0.1, 0.15) is 35.6 Å². The summed E-state index contributed by atoms with van der Waals surface area (Å²) in [6.45, 7) is 2.52. The Hall–Kier alpha value is -2.67. The lowest BCUT2D eigenvalue weighted by Crippen LogP contribution is -2.44. The van der Waals surface area contributed by atoms with Gasteiger partial charge in [0.1, 0.15) is 12.4 Å². The summed E-state index contributed by atoms with van der Waals surface area (Å²) in [6.07, 6.45) is 0.756. The van der Waals surface area contributed by atoms with Gasteiger partial charge in [-0.15, -0.1) is 9.24 Å². The van der Waals surface area contributed by atoms with Gasteiger partial charge in [-0.2, -0.15) is 0 Å². The van der Waals surface area contributed by atoms with E-state index < -0.39 is 11.6 Å². The summed E-state index contributed by atoms with van der Waals surface area (Å²) < 4.78 is 21.1. The summed E-state index contributed by atoms with van der Waals surface area (Å²) in [5.41, 5.74) is 1.87. The molecule has 2 atom stereocenters. The van der Waals surface area contributed by atoms with E-state index in [1.54, 1.807) is 23.6 Å². The van der Waals surface area contributed by atoms with Crippen molar-refractivity contribution in [2.45, 2.75) is 38.5 Å². The molecule has 0 saturated heterocycles. The fourth-order valence-corrected chi connectivity index (χ4v) is 4.99. The molecular formula is C23H23FN3O4P. The van der Waals surface area contributed by atoms with Crippen molar-refractivity contribution >= 4 is 31.4 Å². The molecule has 0 spiro atoms. The SMILES string of the molecule is CC[C@@]1(O)C(=O)OCc2c1cc1n(c2=O)Cc2c-1nc1cc(F)c(P)cc1c2CCNC. The summed E-state index contributed by atoms with van der Waals surface area (Å²) in [4.78, 5) is 30.4. The van der Waals surface area contributed by atoms with Gasteiger partial charge in [0.2, 0.25) is 0 Å². The molecule has 2 N–H and O–H groups in total. The number of hydrogen-bond acceptors (Lipinski definition) is 6. The molecule has 2 aliphatic rings. The van der Waals surface area contributed by atoms with Crippen molar-refractivity contribution in [2.75, 3.05) is 13.6 Å². The quantitative estimate of drug-likeness (QED) is 0.358. The zero-order chi connectivity index (χ0) is 22.8. The minimum Gasteiger partial charge on any atom is -0.458 e. The van der Waals surface area contributed by atoms with Gasteiger partial charge in [0.05, 0.1) is 29.0 Å². The summed E-state index contributed by atoms with van der Waals surface area (Å²) >= 11 is 0.